The molecule has 4 heteroatoms. The van der Waals surface area contributed by atoms with E-state index < -0.39 is 0 Å². The van der Waals surface area contributed by atoms with Crippen molar-refractivity contribution in [2.75, 3.05) is 20.7 Å². The fourth-order valence-electron chi connectivity index (χ4n) is 3.86. The number of nitrogens with zero attached hydrogens (tertiary/aromatic N) is 1. The predicted octanol–water partition coefficient (Wildman–Crippen LogP) is 3.97. The molecule has 2 aliphatic heterocycles. The molecule has 0 radical (unpaired) electrons. The molecule has 142 valence electrons. The summed E-state index contributed by atoms with van der Waals surface area (Å²) in [6, 6.07) is 11.0. The standard InChI is InChI=1S/C19H21NO2.C2H6.CH5N/c1-12-7-15-11-20-6-5-13-8-16(22-2)3-4-17(13)18(20)9-14(15)10-19(12)21;2*1-2/h3-4,7-8,10,18,21H,5-6,9,11H2,1-2H3;1-2H3;2H2,1H3. The fraction of sp³-hybridized carbons (Fsp3) is 0.455. The van der Waals surface area contributed by atoms with E-state index in [9.17, 15) is 5.11 Å². The highest BCUT2D eigenvalue weighted by molar-refractivity contribution is 5.46. The van der Waals surface area contributed by atoms with Crippen LogP contribution in [0.5, 0.6) is 11.5 Å². The molecule has 1 unspecified atom stereocenters. The molecule has 1 atom stereocenters. The number of aryl methyl sites for hydroxylation is 1. The number of nitrogens with two attached hydrogens (primary N) is 1. The SMILES string of the molecule is CC.CN.COc1ccc2c(c1)CCN1Cc3cc(C)c(O)cc3CC21. The summed E-state index contributed by atoms with van der Waals surface area (Å²) in [5, 5.41) is 10.0. The van der Waals surface area contributed by atoms with Crippen LogP contribution in [0, 0.1) is 6.92 Å². The van der Waals surface area contributed by atoms with Crippen LogP contribution in [0.3, 0.4) is 0 Å². The maximum absolute atomic E-state index is 10.0. The molecule has 0 spiro atoms. The Labute approximate surface area is 157 Å². The van der Waals surface area contributed by atoms with Crippen molar-refractivity contribution < 1.29 is 9.84 Å². The minimum Gasteiger partial charge on any atom is -0.508 e. The van der Waals surface area contributed by atoms with Gasteiger partial charge in [0.2, 0.25) is 0 Å². The number of fused-ring (bicyclic) bond motifs is 4. The van der Waals surface area contributed by atoms with Gasteiger partial charge in [-0.15, -0.1) is 0 Å². The molecule has 3 N–H and O–H groups in total. The summed E-state index contributed by atoms with van der Waals surface area (Å²) >= 11 is 0. The van der Waals surface area contributed by atoms with Crippen LogP contribution < -0.4 is 10.5 Å². The smallest absolute Gasteiger partial charge is 0.119 e. The summed E-state index contributed by atoms with van der Waals surface area (Å²) in [6.45, 7) is 8.04. The van der Waals surface area contributed by atoms with Crippen molar-refractivity contribution in [2.24, 2.45) is 5.73 Å². The maximum Gasteiger partial charge on any atom is 0.119 e. The lowest BCUT2D eigenvalue weighted by atomic mass is 9.83. The lowest BCUT2D eigenvalue weighted by Gasteiger charge is -2.41. The van der Waals surface area contributed by atoms with Gasteiger partial charge in [-0.1, -0.05) is 26.0 Å². The van der Waals surface area contributed by atoms with Crippen LogP contribution in [-0.4, -0.2) is 30.7 Å². The number of hydrogen-bond donors (Lipinski definition) is 2. The molecular weight excluding hydrogens is 324 g/mol. The topological polar surface area (TPSA) is 58.7 Å². The van der Waals surface area contributed by atoms with Crippen molar-refractivity contribution in [3.05, 3.63) is 58.1 Å². The average Bonchev–Trinajstić information content (AvgIpc) is 2.70. The largest absolute Gasteiger partial charge is 0.508 e. The lowest BCUT2D eigenvalue weighted by molar-refractivity contribution is 0.160. The van der Waals surface area contributed by atoms with E-state index >= 15 is 0 Å². The second-order valence-electron chi connectivity index (χ2n) is 6.41. The van der Waals surface area contributed by atoms with E-state index in [0.29, 0.717) is 11.8 Å². The van der Waals surface area contributed by atoms with Gasteiger partial charge in [-0.3, -0.25) is 4.90 Å². The second kappa shape index (κ2) is 9.06. The number of hydrogen-bond acceptors (Lipinski definition) is 4. The normalized spacial score (nSPS) is 17.4. The number of ether oxygens (including phenoxy) is 1. The van der Waals surface area contributed by atoms with E-state index in [1.54, 1.807) is 7.11 Å². The number of methoxy groups -OCH3 is 1. The van der Waals surface area contributed by atoms with Gasteiger partial charge in [0.1, 0.15) is 11.5 Å². The number of aromatic hydroxyl groups is 1. The van der Waals surface area contributed by atoms with Crippen molar-refractivity contribution in [1.82, 2.24) is 4.90 Å². The van der Waals surface area contributed by atoms with Crippen molar-refractivity contribution >= 4 is 0 Å². The molecule has 2 heterocycles. The van der Waals surface area contributed by atoms with E-state index in [1.807, 2.05) is 26.8 Å². The Hall–Kier alpha value is -2.04. The first-order chi connectivity index (χ1) is 12.7. The van der Waals surface area contributed by atoms with Gasteiger partial charge in [0, 0.05) is 19.1 Å². The number of rotatable bonds is 1. The zero-order valence-electron chi connectivity index (χ0n) is 16.7. The Morgan fingerprint density at radius 1 is 1.08 bits per heavy atom. The summed E-state index contributed by atoms with van der Waals surface area (Å²) in [5.74, 6) is 1.36. The number of phenolic OH excluding ortho intramolecular Hbond substituents is 1. The Morgan fingerprint density at radius 3 is 2.50 bits per heavy atom. The monoisotopic (exact) mass is 356 g/mol. The summed E-state index contributed by atoms with van der Waals surface area (Å²) in [6.07, 6.45) is 2.05. The van der Waals surface area contributed by atoms with E-state index in [0.717, 1.165) is 37.2 Å². The molecule has 0 bridgehead atoms. The Balaban J connectivity index is 0.000000570. The summed E-state index contributed by atoms with van der Waals surface area (Å²) in [5.41, 5.74) is 10.9. The first-order valence-corrected chi connectivity index (χ1v) is 9.45. The molecular formula is C22H32N2O2. The van der Waals surface area contributed by atoms with Crippen molar-refractivity contribution in [3.63, 3.8) is 0 Å². The van der Waals surface area contributed by atoms with Crippen molar-refractivity contribution in [1.29, 1.82) is 0 Å². The molecule has 0 saturated heterocycles. The Morgan fingerprint density at radius 2 is 1.81 bits per heavy atom. The maximum atomic E-state index is 10.0. The van der Waals surface area contributed by atoms with Crippen LogP contribution in [0.2, 0.25) is 0 Å². The quantitative estimate of drug-likeness (QED) is 0.812. The van der Waals surface area contributed by atoms with Crippen molar-refractivity contribution in [2.45, 2.75) is 46.2 Å². The number of phenols is 1. The van der Waals surface area contributed by atoms with Gasteiger partial charge in [-0.05, 0) is 72.8 Å². The second-order valence-corrected chi connectivity index (χ2v) is 6.41. The molecule has 4 nitrogen and oxygen atoms in total. The van der Waals surface area contributed by atoms with Crippen LogP contribution in [0.15, 0.2) is 30.3 Å². The van der Waals surface area contributed by atoms with Crippen LogP contribution in [0.1, 0.15) is 47.7 Å². The minimum atomic E-state index is 0.415. The third-order valence-corrected chi connectivity index (χ3v) is 5.12. The van der Waals surface area contributed by atoms with Crippen LogP contribution in [0.25, 0.3) is 0 Å². The minimum absolute atomic E-state index is 0.415. The van der Waals surface area contributed by atoms with E-state index in [-0.39, 0.29) is 0 Å². The van der Waals surface area contributed by atoms with E-state index in [2.05, 4.69) is 34.9 Å². The van der Waals surface area contributed by atoms with Crippen LogP contribution >= 0.6 is 0 Å². The van der Waals surface area contributed by atoms with Gasteiger partial charge < -0.3 is 15.6 Å². The lowest BCUT2D eigenvalue weighted by Crippen LogP contribution is -2.39. The van der Waals surface area contributed by atoms with Gasteiger partial charge in [-0.2, -0.15) is 0 Å². The third kappa shape index (κ3) is 3.87. The van der Waals surface area contributed by atoms with Crippen molar-refractivity contribution in [3.8, 4) is 11.5 Å². The Kier molecular flexibility index (Phi) is 7.06. The third-order valence-electron chi connectivity index (χ3n) is 5.12. The molecule has 2 aromatic carbocycles. The zero-order chi connectivity index (χ0) is 19.3. The summed E-state index contributed by atoms with van der Waals surface area (Å²) in [4.78, 5) is 2.56. The first-order valence-electron chi connectivity index (χ1n) is 9.45. The highest BCUT2D eigenvalue weighted by Gasteiger charge is 2.32. The van der Waals surface area contributed by atoms with Crippen LogP contribution in [0.4, 0.5) is 0 Å². The van der Waals surface area contributed by atoms with E-state index in [1.165, 1.54) is 29.3 Å². The molecule has 0 fully saturated rings. The van der Waals surface area contributed by atoms with Crippen LogP contribution in [-0.2, 0) is 19.4 Å². The molecule has 4 rings (SSSR count). The first kappa shape index (κ1) is 20.3. The molecule has 0 aliphatic carbocycles. The summed E-state index contributed by atoms with van der Waals surface area (Å²) < 4.78 is 5.35. The van der Waals surface area contributed by atoms with Gasteiger partial charge in [0.25, 0.3) is 0 Å². The highest BCUT2D eigenvalue weighted by atomic mass is 16.5. The molecule has 0 saturated carbocycles. The molecule has 0 aromatic heterocycles. The molecule has 2 aliphatic rings. The summed E-state index contributed by atoms with van der Waals surface area (Å²) in [7, 11) is 3.22. The van der Waals surface area contributed by atoms with Gasteiger partial charge >= 0.3 is 0 Å². The zero-order valence-corrected chi connectivity index (χ0v) is 16.7. The van der Waals surface area contributed by atoms with Gasteiger partial charge in [-0.25, -0.2) is 0 Å². The van der Waals surface area contributed by atoms with E-state index in [4.69, 9.17) is 4.74 Å². The Bertz CT molecular complexity index is 743. The fourth-order valence-corrected chi connectivity index (χ4v) is 3.86. The van der Waals surface area contributed by atoms with Gasteiger partial charge in [0.15, 0.2) is 0 Å². The predicted molar refractivity (Wildman–Crippen MR) is 108 cm³/mol. The number of benzene rings is 2. The molecule has 26 heavy (non-hydrogen) atoms. The highest BCUT2D eigenvalue weighted by Crippen LogP contribution is 2.40. The van der Waals surface area contributed by atoms with Gasteiger partial charge in [0.05, 0.1) is 7.11 Å². The average molecular weight is 357 g/mol. The molecule has 2 aromatic rings. The molecule has 0 amide bonds.